The number of rotatable bonds is 7. The van der Waals surface area contributed by atoms with E-state index in [1.807, 2.05) is 45.1 Å². The summed E-state index contributed by atoms with van der Waals surface area (Å²) in [5.41, 5.74) is 1.28. The van der Waals surface area contributed by atoms with Crippen LogP contribution in [0.15, 0.2) is 84.3 Å². The fourth-order valence-corrected chi connectivity index (χ4v) is 8.34. The van der Waals surface area contributed by atoms with Crippen molar-refractivity contribution in [3.8, 4) is 0 Å². The van der Waals surface area contributed by atoms with E-state index in [9.17, 15) is 19.5 Å². The molecule has 6 rings (SSSR count). The number of aliphatic hydroxyl groups excluding tert-OH is 1. The Morgan fingerprint density at radius 3 is 2.64 bits per heavy atom. The molecule has 2 fully saturated rings. The van der Waals surface area contributed by atoms with Crippen molar-refractivity contribution >= 4 is 17.9 Å². The van der Waals surface area contributed by atoms with E-state index >= 15 is 0 Å². The molecule has 4 bridgehead atoms. The van der Waals surface area contributed by atoms with Gasteiger partial charge in [-0.25, -0.2) is 9.59 Å². The van der Waals surface area contributed by atoms with Gasteiger partial charge in [-0.1, -0.05) is 56.9 Å². The molecule has 1 saturated carbocycles. The van der Waals surface area contributed by atoms with Crippen LogP contribution in [0.1, 0.15) is 40.5 Å². The molecule has 0 amide bonds. The molecule has 0 aromatic rings. The lowest BCUT2D eigenvalue weighted by molar-refractivity contribution is -0.179. The zero-order valence-corrected chi connectivity index (χ0v) is 27.6. The number of ether oxygens (including phenoxy) is 5. The summed E-state index contributed by atoms with van der Waals surface area (Å²) in [6.45, 7) is 11.4. The third-order valence-electron chi connectivity index (χ3n) is 10.7. The minimum Gasteiger partial charge on any atom is -0.457 e. The SMILES string of the molecule is C=C1C=CN(CC(=O)O[C@H](C)[C@H]2OC(=O)[C@@H](OC)C[C@H]3C=C[C@H]4[C@H]5O[C@]3(/C(C)=C/[C@H]2C)[C@@H]4[C@H](O)[C@@H](C)[C@H]5OC(=O)C2=CC=CC2)C=C1. The summed E-state index contributed by atoms with van der Waals surface area (Å²) in [7, 11) is 1.46. The first-order chi connectivity index (χ1) is 22.4. The van der Waals surface area contributed by atoms with Gasteiger partial charge in [-0.15, -0.1) is 0 Å². The predicted molar refractivity (Wildman–Crippen MR) is 172 cm³/mol. The number of carbonyl (C=O) groups is 3. The Labute approximate surface area is 276 Å². The number of methoxy groups -OCH3 is 1. The van der Waals surface area contributed by atoms with Crippen molar-refractivity contribution in [2.24, 2.45) is 29.6 Å². The van der Waals surface area contributed by atoms with Gasteiger partial charge in [0.1, 0.15) is 36.6 Å². The quantitative estimate of drug-likeness (QED) is 0.246. The molecule has 252 valence electrons. The molecular weight excluding hydrogens is 602 g/mol. The molecule has 0 aromatic heterocycles. The maximum Gasteiger partial charge on any atom is 0.335 e. The van der Waals surface area contributed by atoms with Crippen molar-refractivity contribution in [1.82, 2.24) is 4.90 Å². The predicted octanol–water partition coefficient (Wildman–Crippen LogP) is 4.09. The van der Waals surface area contributed by atoms with Crippen LogP contribution in [0.5, 0.6) is 0 Å². The second-order valence-corrected chi connectivity index (χ2v) is 13.7. The molecule has 3 heterocycles. The lowest BCUT2D eigenvalue weighted by Crippen LogP contribution is -2.57. The average Bonchev–Trinajstić information content (AvgIpc) is 3.64. The van der Waals surface area contributed by atoms with Crippen LogP contribution in [0.25, 0.3) is 0 Å². The molecule has 12 atom stereocenters. The van der Waals surface area contributed by atoms with Crippen molar-refractivity contribution in [2.75, 3.05) is 13.7 Å². The molecule has 47 heavy (non-hydrogen) atoms. The highest BCUT2D eigenvalue weighted by atomic mass is 16.6. The molecule has 1 spiro atoms. The topological polar surface area (TPSA) is 121 Å². The van der Waals surface area contributed by atoms with E-state index in [-0.39, 0.29) is 36.6 Å². The number of hydrogen-bond acceptors (Lipinski definition) is 10. The van der Waals surface area contributed by atoms with Gasteiger partial charge in [0.25, 0.3) is 0 Å². The molecule has 0 unspecified atom stereocenters. The molecule has 3 aliphatic carbocycles. The lowest BCUT2D eigenvalue weighted by Gasteiger charge is -2.49. The van der Waals surface area contributed by atoms with Crippen LogP contribution in [-0.2, 0) is 38.1 Å². The van der Waals surface area contributed by atoms with Crippen molar-refractivity contribution in [1.29, 1.82) is 0 Å². The van der Waals surface area contributed by atoms with Crippen LogP contribution in [0.2, 0.25) is 0 Å². The maximum atomic E-state index is 13.6. The van der Waals surface area contributed by atoms with Crippen LogP contribution in [-0.4, -0.2) is 83.8 Å². The fraction of sp³-hybridized carbons (Fsp3) is 0.541. The number of carbonyl (C=O) groups excluding carboxylic acids is 3. The number of aliphatic hydroxyl groups is 1. The van der Waals surface area contributed by atoms with Crippen LogP contribution in [0, 0.1) is 29.6 Å². The number of allylic oxidation sites excluding steroid dienone is 6. The van der Waals surface area contributed by atoms with Gasteiger partial charge in [0.2, 0.25) is 0 Å². The molecule has 10 nitrogen and oxygen atoms in total. The number of hydrogen-bond donors (Lipinski definition) is 1. The number of esters is 3. The second kappa shape index (κ2) is 13.1. The lowest BCUT2D eigenvalue weighted by atomic mass is 9.57. The first kappa shape index (κ1) is 33.2. The highest BCUT2D eigenvalue weighted by Gasteiger charge is 2.69. The molecule has 6 aliphatic rings. The Hall–Kier alpha value is -3.73. The van der Waals surface area contributed by atoms with Gasteiger partial charge in [0.05, 0.1) is 6.10 Å². The second-order valence-electron chi connectivity index (χ2n) is 13.7. The Morgan fingerprint density at radius 1 is 1.21 bits per heavy atom. The van der Waals surface area contributed by atoms with E-state index in [0.717, 1.165) is 11.1 Å². The van der Waals surface area contributed by atoms with Crippen molar-refractivity contribution in [2.45, 2.75) is 82.8 Å². The van der Waals surface area contributed by atoms with Gasteiger partial charge in [0, 0.05) is 54.7 Å². The van der Waals surface area contributed by atoms with Gasteiger partial charge in [-0.2, -0.15) is 0 Å². The molecular formula is C37H45NO9. The van der Waals surface area contributed by atoms with Gasteiger partial charge >= 0.3 is 17.9 Å². The van der Waals surface area contributed by atoms with Gasteiger partial charge in [-0.05, 0) is 50.0 Å². The van der Waals surface area contributed by atoms with E-state index in [4.69, 9.17) is 23.7 Å². The van der Waals surface area contributed by atoms with Gasteiger partial charge < -0.3 is 33.7 Å². The molecule has 0 aromatic carbocycles. The molecule has 3 aliphatic heterocycles. The summed E-state index contributed by atoms with van der Waals surface area (Å²) in [4.78, 5) is 41.4. The van der Waals surface area contributed by atoms with E-state index in [1.54, 1.807) is 42.5 Å². The van der Waals surface area contributed by atoms with Crippen molar-refractivity contribution in [3.63, 3.8) is 0 Å². The first-order valence-electron chi connectivity index (χ1n) is 16.5. The first-order valence-corrected chi connectivity index (χ1v) is 16.5. The summed E-state index contributed by atoms with van der Waals surface area (Å²) in [6, 6.07) is 0. The summed E-state index contributed by atoms with van der Waals surface area (Å²) in [6.07, 6.45) is 14.9. The summed E-state index contributed by atoms with van der Waals surface area (Å²) < 4.78 is 30.7. The van der Waals surface area contributed by atoms with Crippen LogP contribution >= 0.6 is 0 Å². The third kappa shape index (κ3) is 5.96. The van der Waals surface area contributed by atoms with Crippen LogP contribution < -0.4 is 0 Å². The monoisotopic (exact) mass is 647 g/mol. The van der Waals surface area contributed by atoms with Crippen molar-refractivity contribution in [3.05, 3.63) is 84.3 Å². The minimum absolute atomic E-state index is 0.0136. The smallest absolute Gasteiger partial charge is 0.335 e. The highest BCUT2D eigenvalue weighted by Crippen LogP contribution is 2.61. The fourth-order valence-electron chi connectivity index (χ4n) is 8.34. The Balaban J connectivity index is 1.29. The Morgan fingerprint density at radius 2 is 1.96 bits per heavy atom. The van der Waals surface area contributed by atoms with E-state index < -0.39 is 66.1 Å². The van der Waals surface area contributed by atoms with Crippen LogP contribution in [0.3, 0.4) is 0 Å². The average molecular weight is 648 g/mol. The molecule has 1 N–H and O–H groups in total. The summed E-state index contributed by atoms with van der Waals surface area (Å²) >= 11 is 0. The van der Waals surface area contributed by atoms with E-state index in [0.29, 0.717) is 12.0 Å². The Kier molecular flexibility index (Phi) is 9.21. The standard InChI is InChI=1S/C37H45NO9/c1-20-13-15-38(16-14-20)19-29(39)44-24(5)32-21(2)17-22(3)37-26(18-28(43-6)36(42)45-32)11-12-27-30(37)31(40)23(4)33(34(27)47-37)46-35(41)25-9-7-8-10-25/h7-9,11-17,21,23-24,26-28,30-34,40H,1,10,18-19H2,2-6H3/b22-17+/t21-,23-,24-,26-,27-,28+,30+,31-,32+,33-,34-,37+/m1/s1. The van der Waals surface area contributed by atoms with E-state index in [1.165, 1.54) is 7.11 Å². The highest BCUT2D eigenvalue weighted by molar-refractivity contribution is 5.90. The van der Waals surface area contributed by atoms with Crippen molar-refractivity contribution < 1.29 is 43.2 Å². The third-order valence-corrected chi connectivity index (χ3v) is 10.7. The van der Waals surface area contributed by atoms with Gasteiger partial charge in [0.15, 0.2) is 6.10 Å². The largest absolute Gasteiger partial charge is 0.457 e. The van der Waals surface area contributed by atoms with E-state index in [2.05, 4.69) is 12.7 Å². The number of nitrogens with zero attached hydrogens (tertiary/aromatic N) is 1. The molecule has 1 saturated heterocycles. The molecule has 10 heteroatoms. The minimum atomic E-state index is -0.989. The summed E-state index contributed by atoms with van der Waals surface area (Å²) in [5, 5.41) is 11.9. The van der Waals surface area contributed by atoms with Crippen LogP contribution in [0.4, 0.5) is 0 Å². The zero-order valence-electron chi connectivity index (χ0n) is 27.6. The van der Waals surface area contributed by atoms with Gasteiger partial charge in [-0.3, -0.25) is 4.79 Å². The Bertz CT molecular complexity index is 1470. The number of cyclic esters (lactones) is 1. The molecule has 0 radical (unpaired) electrons. The zero-order chi connectivity index (χ0) is 33.6. The summed E-state index contributed by atoms with van der Waals surface area (Å²) in [5.74, 6) is -3.10. The normalized spacial score (nSPS) is 40.6. The maximum absolute atomic E-state index is 13.6.